The molecule has 1 aromatic heterocycles. The van der Waals surface area contributed by atoms with Gasteiger partial charge in [0.25, 0.3) is 0 Å². The molecule has 0 spiro atoms. The van der Waals surface area contributed by atoms with Gasteiger partial charge in [-0.3, -0.25) is 0 Å². The van der Waals surface area contributed by atoms with Gasteiger partial charge >= 0.3 is 0 Å². The Morgan fingerprint density at radius 2 is 1.72 bits per heavy atom. The quantitative estimate of drug-likeness (QED) is 0.238. The molecule has 0 bridgehead atoms. The normalized spacial score (nSPS) is 10.9. The predicted molar refractivity (Wildman–Crippen MR) is 129 cm³/mol. The van der Waals surface area contributed by atoms with E-state index < -0.39 is 0 Å². The first kappa shape index (κ1) is 22.6. The highest BCUT2D eigenvalue weighted by atomic mass is 35.5. The summed E-state index contributed by atoms with van der Waals surface area (Å²) in [4.78, 5) is 0. The van der Waals surface area contributed by atoms with Crippen LogP contribution in [0.5, 0.6) is 5.75 Å². The standard InChI is InChI=1S/C23H21Cl2N5OS/c24-21-10-5-11-22(25)20(21)16-31-19-9-4-6-17(14-19)15-26-12-13-32-23-27-28-29-30(23)18-7-2-1-3-8-18/h1-11,14,26H,12-13,15-16H2. The van der Waals surface area contributed by atoms with Gasteiger partial charge in [0, 0.05) is 34.5 Å². The highest BCUT2D eigenvalue weighted by Gasteiger charge is 2.09. The number of para-hydroxylation sites is 1. The second kappa shape index (κ2) is 11.3. The maximum atomic E-state index is 6.22. The van der Waals surface area contributed by atoms with Crippen LogP contribution in [-0.2, 0) is 13.2 Å². The molecule has 4 aromatic rings. The van der Waals surface area contributed by atoms with Crippen LogP contribution in [0.2, 0.25) is 10.0 Å². The molecule has 6 nitrogen and oxygen atoms in total. The van der Waals surface area contributed by atoms with Gasteiger partial charge < -0.3 is 10.1 Å². The van der Waals surface area contributed by atoms with Gasteiger partial charge in [0.15, 0.2) is 0 Å². The van der Waals surface area contributed by atoms with Crippen LogP contribution in [0.4, 0.5) is 0 Å². The van der Waals surface area contributed by atoms with Gasteiger partial charge in [-0.1, -0.05) is 71.4 Å². The number of benzene rings is 3. The van der Waals surface area contributed by atoms with Crippen molar-refractivity contribution in [1.29, 1.82) is 0 Å². The molecule has 0 saturated heterocycles. The van der Waals surface area contributed by atoms with Crippen LogP contribution in [0.15, 0.2) is 78.0 Å². The molecule has 1 N–H and O–H groups in total. The highest BCUT2D eigenvalue weighted by molar-refractivity contribution is 7.99. The van der Waals surface area contributed by atoms with Crippen LogP contribution >= 0.6 is 35.0 Å². The monoisotopic (exact) mass is 485 g/mol. The minimum atomic E-state index is 0.322. The molecule has 0 aliphatic rings. The third-order valence-corrected chi connectivity index (χ3v) is 6.25. The Hall–Kier alpha value is -2.58. The fourth-order valence-electron chi connectivity index (χ4n) is 3.02. The summed E-state index contributed by atoms with van der Waals surface area (Å²) in [5, 5.41) is 17.4. The first-order valence-corrected chi connectivity index (χ1v) is 11.8. The second-order valence-corrected chi connectivity index (χ2v) is 8.75. The van der Waals surface area contributed by atoms with E-state index in [1.165, 1.54) is 0 Å². The molecule has 9 heteroatoms. The Bertz CT molecular complexity index is 1140. The van der Waals surface area contributed by atoms with E-state index in [0.29, 0.717) is 16.7 Å². The molecule has 0 fully saturated rings. The maximum absolute atomic E-state index is 6.22. The maximum Gasteiger partial charge on any atom is 0.214 e. The first-order chi connectivity index (χ1) is 15.7. The van der Waals surface area contributed by atoms with Gasteiger partial charge in [-0.15, -0.1) is 5.10 Å². The van der Waals surface area contributed by atoms with E-state index in [9.17, 15) is 0 Å². The number of thioether (sulfide) groups is 1. The number of ether oxygens (including phenoxy) is 1. The van der Waals surface area contributed by atoms with E-state index in [1.807, 2.05) is 66.7 Å². The summed E-state index contributed by atoms with van der Waals surface area (Å²) in [6, 6.07) is 23.3. The number of hydrogen-bond acceptors (Lipinski definition) is 6. The summed E-state index contributed by atoms with van der Waals surface area (Å²) in [7, 11) is 0. The Kier molecular flexibility index (Phi) is 8.01. The molecular formula is C23H21Cl2N5OS. The zero-order chi connectivity index (χ0) is 22.2. The third-order valence-electron chi connectivity index (χ3n) is 4.62. The zero-order valence-corrected chi connectivity index (χ0v) is 19.4. The van der Waals surface area contributed by atoms with Crippen LogP contribution in [0, 0.1) is 0 Å². The topological polar surface area (TPSA) is 64.9 Å². The number of halogens is 2. The fourth-order valence-corrected chi connectivity index (χ4v) is 4.31. The smallest absolute Gasteiger partial charge is 0.214 e. The Morgan fingerprint density at radius 3 is 2.53 bits per heavy atom. The van der Waals surface area contributed by atoms with Crippen molar-refractivity contribution in [2.24, 2.45) is 0 Å². The van der Waals surface area contributed by atoms with Gasteiger partial charge in [-0.2, -0.15) is 4.68 Å². The number of nitrogens with zero attached hydrogens (tertiary/aromatic N) is 4. The van der Waals surface area contributed by atoms with Crippen molar-refractivity contribution in [1.82, 2.24) is 25.5 Å². The van der Waals surface area contributed by atoms with Gasteiger partial charge in [0.05, 0.1) is 5.69 Å². The van der Waals surface area contributed by atoms with Crippen LogP contribution in [-0.4, -0.2) is 32.5 Å². The number of tetrazole rings is 1. The van der Waals surface area contributed by atoms with E-state index in [4.69, 9.17) is 27.9 Å². The van der Waals surface area contributed by atoms with Crippen molar-refractivity contribution in [3.8, 4) is 11.4 Å². The fraction of sp³-hybridized carbons (Fsp3) is 0.174. The van der Waals surface area contributed by atoms with Gasteiger partial charge in [0.1, 0.15) is 12.4 Å². The molecule has 0 atom stereocenters. The van der Waals surface area contributed by atoms with Crippen molar-refractivity contribution >= 4 is 35.0 Å². The average molecular weight is 486 g/mol. The van der Waals surface area contributed by atoms with Crippen LogP contribution < -0.4 is 10.1 Å². The molecule has 0 aliphatic heterocycles. The van der Waals surface area contributed by atoms with E-state index in [2.05, 4.69) is 26.9 Å². The molecule has 0 unspecified atom stereocenters. The second-order valence-electron chi connectivity index (χ2n) is 6.87. The van der Waals surface area contributed by atoms with Crippen molar-refractivity contribution in [2.45, 2.75) is 18.3 Å². The van der Waals surface area contributed by atoms with Crippen LogP contribution in [0.25, 0.3) is 5.69 Å². The van der Waals surface area contributed by atoms with E-state index in [1.54, 1.807) is 16.4 Å². The molecule has 4 rings (SSSR count). The number of hydrogen-bond donors (Lipinski definition) is 1. The van der Waals surface area contributed by atoms with E-state index >= 15 is 0 Å². The molecule has 0 radical (unpaired) electrons. The molecule has 164 valence electrons. The number of aromatic nitrogens is 4. The summed E-state index contributed by atoms with van der Waals surface area (Å²) in [6.45, 7) is 1.86. The van der Waals surface area contributed by atoms with Gasteiger partial charge in [-0.05, 0) is 52.4 Å². The lowest BCUT2D eigenvalue weighted by Gasteiger charge is -2.11. The highest BCUT2D eigenvalue weighted by Crippen LogP contribution is 2.26. The minimum Gasteiger partial charge on any atom is -0.489 e. The largest absolute Gasteiger partial charge is 0.489 e. The zero-order valence-electron chi connectivity index (χ0n) is 17.1. The lowest BCUT2D eigenvalue weighted by molar-refractivity contribution is 0.306. The van der Waals surface area contributed by atoms with E-state index in [-0.39, 0.29) is 0 Å². The Labute approximate surface area is 200 Å². The lowest BCUT2D eigenvalue weighted by atomic mass is 10.2. The lowest BCUT2D eigenvalue weighted by Crippen LogP contribution is -2.16. The molecule has 0 amide bonds. The van der Waals surface area contributed by atoms with Gasteiger partial charge in [0.2, 0.25) is 5.16 Å². The summed E-state index contributed by atoms with van der Waals surface area (Å²) >= 11 is 14.0. The van der Waals surface area contributed by atoms with Crippen LogP contribution in [0.3, 0.4) is 0 Å². The van der Waals surface area contributed by atoms with Crippen molar-refractivity contribution in [3.05, 3.63) is 94.0 Å². The summed E-state index contributed by atoms with van der Waals surface area (Å²) < 4.78 is 7.65. The number of nitrogens with one attached hydrogen (secondary N) is 1. The summed E-state index contributed by atoms with van der Waals surface area (Å²) in [5.74, 6) is 1.62. The molecular weight excluding hydrogens is 465 g/mol. The molecule has 1 heterocycles. The average Bonchev–Trinajstić information content (AvgIpc) is 3.28. The number of rotatable bonds is 10. The molecule has 0 saturated carbocycles. The molecule has 32 heavy (non-hydrogen) atoms. The van der Waals surface area contributed by atoms with Crippen molar-refractivity contribution < 1.29 is 4.74 Å². The van der Waals surface area contributed by atoms with Crippen molar-refractivity contribution in [3.63, 3.8) is 0 Å². The summed E-state index contributed by atoms with van der Waals surface area (Å²) in [6.07, 6.45) is 0. The van der Waals surface area contributed by atoms with Crippen molar-refractivity contribution in [2.75, 3.05) is 12.3 Å². The minimum absolute atomic E-state index is 0.322. The Morgan fingerprint density at radius 1 is 0.938 bits per heavy atom. The predicted octanol–water partition coefficient (Wildman–Crippen LogP) is 5.43. The SMILES string of the molecule is Clc1cccc(Cl)c1COc1cccc(CNCCSc2nnnn2-c2ccccc2)c1. The Balaban J connectivity index is 1.24. The first-order valence-electron chi connectivity index (χ1n) is 10.0. The summed E-state index contributed by atoms with van der Waals surface area (Å²) in [5.41, 5.74) is 2.86. The third kappa shape index (κ3) is 6.01. The molecule has 0 aliphatic carbocycles. The van der Waals surface area contributed by atoms with E-state index in [0.717, 1.165) is 46.6 Å². The van der Waals surface area contributed by atoms with Crippen LogP contribution in [0.1, 0.15) is 11.1 Å². The van der Waals surface area contributed by atoms with Gasteiger partial charge in [-0.25, -0.2) is 0 Å². The molecule has 3 aromatic carbocycles.